The average molecular weight is 259 g/mol. The number of nitrogen functional groups attached to an aromatic ring is 1. The van der Waals surface area contributed by atoms with Crippen molar-refractivity contribution in [2.24, 2.45) is 11.8 Å². The second-order valence-electron chi connectivity index (χ2n) is 5.11. The van der Waals surface area contributed by atoms with Gasteiger partial charge in [-0.15, -0.1) is 0 Å². The molecular formula is C17H13N3. The number of nitriles is 2. The molecule has 2 atom stereocenters. The predicted octanol–water partition coefficient (Wildman–Crippen LogP) is 3.20. The minimum atomic E-state index is 0.161. The first-order valence-electron chi connectivity index (χ1n) is 6.53. The highest BCUT2D eigenvalue weighted by Gasteiger charge is 2.34. The number of benzene rings is 1. The fourth-order valence-electron chi connectivity index (χ4n) is 3.03. The van der Waals surface area contributed by atoms with Crippen LogP contribution in [0.15, 0.2) is 53.6 Å². The minimum Gasteiger partial charge on any atom is -0.399 e. The van der Waals surface area contributed by atoms with E-state index in [2.05, 4.69) is 12.2 Å². The Hall–Kier alpha value is -2.78. The van der Waals surface area contributed by atoms with Crippen LogP contribution < -0.4 is 5.73 Å². The van der Waals surface area contributed by atoms with Crippen molar-refractivity contribution in [1.82, 2.24) is 0 Å². The molecule has 1 aromatic carbocycles. The van der Waals surface area contributed by atoms with E-state index in [1.165, 1.54) is 5.57 Å². The lowest BCUT2D eigenvalue weighted by Crippen LogP contribution is -1.98. The standard InChI is InChI=1S/C17H13N3/c18-9-11(10-19)7-16-13-1-2-14(8-13)17(16)12-3-5-15(20)6-4-12/h1-7,13-14H,8,20H2. The molecule has 3 heteroatoms. The van der Waals surface area contributed by atoms with E-state index >= 15 is 0 Å². The number of anilines is 1. The Morgan fingerprint density at radius 3 is 2.40 bits per heavy atom. The van der Waals surface area contributed by atoms with Crippen LogP contribution in [0.25, 0.3) is 5.57 Å². The van der Waals surface area contributed by atoms with Crippen LogP contribution in [0.4, 0.5) is 5.69 Å². The van der Waals surface area contributed by atoms with Crippen LogP contribution in [0.1, 0.15) is 12.0 Å². The van der Waals surface area contributed by atoms with Crippen LogP contribution in [0.2, 0.25) is 0 Å². The summed E-state index contributed by atoms with van der Waals surface area (Å²) in [6.07, 6.45) is 7.16. The number of nitrogens with two attached hydrogens (primary N) is 1. The second kappa shape index (κ2) is 4.72. The maximum Gasteiger partial charge on any atom is 0.129 e. The molecule has 0 heterocycles. The first-order chi connectivity index (χ1) is 9.72. The molecule has 3 rings (SSSR count). The van der Waals surface area contributed by atoms with E-state index < -0.39 is 0 Å². The third-order valence-corrected chi connectivity index (χ3v) is 3.93. The quantitative estimate of drug-likeness (QED) is 0.503. The van der Waals surface area contributed by atoms with Gasteiger partial charge in [0.15, 0.2) is 0 Å². The summed E-state index contributed by atoms with van der Waals surface area (Å²) >= 11 is 0. The van der Waals surface area contributed by atoms with Gasteiger partial charge in [-0.2, -0.15) is 10.5 Å². The monoisotopic (exact) mass is 259 g/mol. The van der Waals surface area contributed by atoms with Gasteiger partial charge < -0.3 is 5.73 Å². The third-order valence-electron chi connectivity index (χ3n) is 3.93. The van der Waals surface area contributed by atoms with Crippen molar-refractivity contribution in [3.63, 3.8) is 0 Å². The summed E-state index contributed by atoms with van der Waals surface area (Å²) in [7, 11) is 0. The molecule has 2 N–H and O–H groups in total. The molecule has 0 spiro atoms. The molecule has 0 aliphatic heterocycles. The van der Waals surface area contributed by atoms with E-state index in [1.807, 2.05) is 36.4 Å². The van der Waals surface area contributed by atoms with Crippen molar-refractivity contribution in [1.29, 1.82) is 10.5 Å². The highest BCUT2D eigenvalue weighted by Crippen LogP contribution is 2.49. The van der Waals surface area contributed by atoms with Gasteiger partial charge >= 0.3 is 0 Å². The molecule has 2 aliphatic rings. The van der Waals surface area contributed by atoms with E-state index in [9.17, 15) is 0 Å². The predicted molar refractivity (Wildman–Crippen MR) is 77.8 cm³/mol. The molecule has 0 radical (unpaired) electrons. The third kappa shape index (κ3) is 1.90. The van der Waals surface area contributed by atoms with Gasteiger partial charge in [0.25, 0.3) is 0 Å². The molecule has 0 fully saturated rings. The summed E-state index contributed by atoms with van der Waals surface area (Å²) in [4.78, 5) is 0. The Morgan fingerprint density at radius 2 is 1.75 bits per heavy atom. The summed E-state index contributed by atoms with van der Waals surface area (Å²) < 4.78 is 0. The fourth-order valence-corrected chi connectivity index (χ4v) is 3.03. The van der Waals surface area contributed by atoms with Crippen LogP contribution in [-0.2, 0) is 0 Å². The average Bonchev–Trinajstić information content (AvgIpc) is 3.06. The normalized spacial score (nSPS) is 22.5. The van der Waals surface area contributed by atoms with Crippen LogP contribution in [-0.4, -0.2) is 0 Å². The molecule has 2 unspecified atom stereocenters. The molecule has 0 aromatic heterocycles. The summed E-state index contributed by atoms with van der Waals surface area (Å²) in [5, 5.41) is 17.9. The van der Waals surface area contributed by atoms with Crippen molar-refractivity contribution in [3.05, 3.63) is 59.2 Å². The lowest BCUT2D eigenvalue weighted by molar-refractivity contribution is 0.726. The maximum atomic E-state index is 8.95. The van der Waals surface area contributed by atoms with Crippen molar-refractivity contribution < 1.29 is 0 Å². The molecule has 0 amide bonds. The lowest BCUT2D eigenvalue weighted by atomic mass is 9.90. The molecule has 1 aromatic rings. The van der Waals surface area contributed by atoms with Crippen molar-refractivity contribution in [3.8, 4) is 12.1 Å². The SMILES string of the molecule is N#CC(C#N)=CC1=C(c2ccc(N)cc2)C2C=CC1C2. The van der Waals surface area contributed by atoms with Gasteiger partial charge in [-0.25, -0.2) is 0 Å². The molecule has 0 saturated carbocycles. The first-order valence-corrected chi connectivity index (χ1v) is 6.53. The number of nitrogens with zero attached hydrogens (tertiary/aromatic N) is 2. The Morgan fingerprint density at radius 1 is 1.10 bits per heavy atom. The number of hydrogen-bond donors (Lipinski definition) is 1. The molecule has 0 saturated heterocycles. The Kier molecular flexibility index (Phi) is 2.89. The summed E-state index contributed by atoms with van der Waals surface area (Å²) in [6.45, 7) is 0. The van der Waals surface area contributed by atoms with Gasteiger partial charge in [0.1, 0.15) is 17.7 Å². The van der Waals surface area contributed by atoms with E-state index in [0.717, 1.165) is 23.2 Å². The van der Waals surface area contributed by atoms with Crippen molar-refractivity contribution >= 4 is 11.3 Å². The van der Waals surface area contributed by atoms with Gasteiger partial charge in [0.05, 0.1) is 0 Å². The summed E-state index contributed by atoms with van der Waals surface area (Å²) in [5.41, 5.74) is 10.1. The highest BCUT2D eigenvalue weighted by atomic mass is 14.5. The van der Waals surface area contributed by atoms with Crippen LogP contribution in [0.5, 0.6) is 0 Å². The van der Waals surface area contributed by atoms with Crippen molar-refractivity contribution in [2.45, 2.75) is 6.42 Å². The number of fused-ring (bicyclic) bond motifs is 2. The summed E-state index contributed by atoms with van der Waals surface area (Å²) in [5.74, 6) is 0.706. The van der Waals surface area contributed by atoms with Gasteiger partial charge in [-0.1, -0.05) is 24.3 Å². The smallest absolute Gasteiger partial charge is 0.129 e. The van der Waals surface area contributed by atoms with E-state index in [4.69, 9.17) is 16.3 Å². The van der Waals surface area contributed by atoms with E-state index in [1.54, 1.807) is 6.08 Å². The highest BCUT2D eigenvalue weighted by molar-refractivity contribution is 5.80. The van der Waals surface area contributed by atoms with E-state index in [-0.39, 0.29) is 5.57 Å². The Bertz CT molecular complexity index is 705. The zero-order valence-electron chi connectivity index (χ0n) is 10.9. The molecule has 96 valence electrons. The molecule has 20 heavy (non-hydrogen) atoms. The molecular weight excluding hydrogens is 246 g/mol. The molecule has 3 nitrogen and oxygen atoms in total. The largest absolute Gasteiger partial charge is 0.399 e. The number of rotatable bonds is 2. The maximum absolute atomic E-state index is 8.95. The zero-order valence-corrected chi connectivity index (χ0v) is 10.9. The first kappa shape index (κ1) is 12.3. The fraction of sp³-hybridized carbons (Fsp3) is 0.176. The van der Waals surface area contributed by atoms with Gasteiger partial charge in [-0.3, -0.25) is 0 Å². The second-order valence-corrected chi connectivity index (χ2v) is 5.11. The van der Waals surface area contributed by atoms with Crippen LogP contribution >= 0.6 is 0 Å². The van der Waals surface area contributed by atoms with Crippen LogP contribution in [0.3, 0.4) is 0 Å². The van der Waals surface area contributed by atoms with Crippen molar-refractivity contribution in [2.75, 3.05) is 5.73 Å². The molecule has 2 bridgehead atoms. The Labute approximate surface area is 117 Å². The topological polar surface area (TPSA) is 73.6 Å². The van der Waals surface area contributed by atoms with E-state index in [0.29, 0.717) is 11.8 Å². The minimum absolute atomic E-state index is 0.161. The zero-order chi connectivity index (χ0) is 14.1. The van der Waals surface area contributed by atoms with Crippen LogP contribution in [0, 0.1) is 34.5 Å². The lowest BCUT2D eigenvalue weighted by Gasteiger charge is -2.14. The van der Waals surface area contributed by atoms with Gasteiger partial charge in [0.2, 0.25) is 0 Å². The Balaban J connectivity index is 2.12. The number of allylic oxidation sites excluding steroid dienone is 6. The van der Waals surface area contributed by atoms with Gasteiger partial charge in [0, 0.05) is 17.5 Å². The number of hydrogen-bond acceptors (Lipinski definition) is 3. The van der Waals surface area contributed by atoms with Gasteiger partial charge in [-0.05, 0) is 41.3 Å². The summed E-state index contributed by atoms with van der Waals surface area (Å²) in [6, 6.07) is 11.7. The molecule has 2 aliphatic carbocycles.